The summed E-state index contributed by atoms with van der Waals surface area (Å²) >= 11 is 6.07. The van der Waals surface area contributed by atoms with Gasteiger partial charge in [-0.1, -0.05) is 29.8 Å². The van der Waals surface area contributed by atoms with Gasteiger partial charge in [-0.2, -0.15) is 0 Å². The monoisotopic (exact) mass is 322 g/mol. The highest BCUT2D eigenvalue weighted by Crippen LogP contribution is 2.26. The van der Waals surface area contributed by atoms with E-state index in [4.69, 9.17) is 11.6 Å². The molecule has 1 aliphatic rings. The van der Waals surface area contributed by atoms with Crippen LogP contribution in [0.5, 0.6) is 0 Å². The topological polar surface area (TPSA) is 15.3 Å². The van der Waals surface area contributed by atoms with Gasteiger partial charge >= 0.3 is 0 Å². The maximum absolute atomic E-state index is 6.07. The summed E-state index contributed by atoms with van der Waals surface area (Å²) in [5, 5.41) is 4.19. The number of rotatable bonds is 4. The Kier molecular flexibility index (Phi) is 9.50. The zero-order valence-electron chi connectivity index (χ0n) is 10.8. The van der Waals surface area contributed by atoms with Crippen LogP contribution in [0.15, 0.2) is 36.9 Å². The molecule has 0 radical (unpaired) electrons. The number of hydrogen-bond donors (Lipinski definition) is 1. The molecule has 0 spiro atoms. The Morgan fingerprint density at radius 3 is 2.58 bits per heavy atom. The molecular weight excluding hydrogens is 303 g/mol. The van der Waals surface area contributed by atoms with Crippen molar-refractivity contribution in [2.24, 2.45) is 0 Å². The summed E-state index contributed by atoms with van der Waals surface area (Å²) in [6, 6.07) is 8.58. The van der Waals surface area contributed by atoms with Gasteiger partial charge in [0, 0.05) is 37.2 Å². The summed E-state index contributed by atoms with van der Waals surface area (Å²) in [5.41, 5.74) is 1.29. The Hall–Kier alpha value is -0.250. The average molecular weight is 324 g/mol. The second-order valence-electron chi connectivity index (χ2n) is 4.38. The zero-order chi connectivity index (χ0) is 12.1. The molecule has 0 amide bonds. The van der Waals surface area contributed by atoms with Crippen LogP contribution >= 0.6 is 36.4 Å². The van der Waals surface area contributed by atoms with E-state index in [9.17, 15) is 0 Å². The smallest absolute Gasteiger partial charge is 0.0409 e. The molecule has 2 nitrogen and oxygen atoms in total. The van der Waals surface area contributed by atoms with Crippen molar-refractivity contribution in [3.8, 4) is 0 Å². The summed E-state index contributed by atoms with van der Waals surface area (Å²) in [6.45, 7) is 8.17. The third kappa shape index (κ3) is 5.33. The van der Waals surface area contributed by atoms with Gasteiger partial charge in [-0.15, -0.1) is 31.4 Å². The second kappa shape index (κ2) is 9.62. The van der Waals surface area contributed by atoms with Crippen molar-refractivity contribution >= 4 is 36.4 Å². The lowest BCUT2D eigenvalue weighted by atomic mass is 10.0. The first kappa shape index (κ1) is 18.8. The van der Waals surface area contributed by atoms with Crippen LogP contribution in [-0.2, 0) is 0 Å². The molecule has 108 valence electrons. The molecule has 19 heavy (non-hydrogen) atoms. The van der Waals surface area contributed by atoms with Gasteiger partial charge in [0.15, 0.2) is 0 Å². The summed E-state index contributed by atoms with van der Waals surface area (Å²) in [6.07, 6.45) is 2.97. The molecule has 1 aliphatic heterocycles. The van der Waals surface area contributed by atoms with Crippen LogP contribution < -0.4 is 5.32 Å². The highest BCUT2D eigenvalue weighted by atomic mass is 35.5. The van der Waals surface area contributed by atoms with Gasteiger partial charge in [0.05, 0.1) is 0 Å². The minimum atomic E-state index is 0. The van der Waals surface area contributed by atoms with Crippen LogP contribution in [0.25, 0.3) is 0 Å². The Morgan fingerprint density at radius 2 is 2.00 bits per heavy atom. The van der Waals surface area contributed by atoms with E-state index in [1.165, 1.54) is 5.56 Å². The largest absolute Gasteiger partial charge is 0.314 e. The molecule has 5 heteroatoms. The molecular formula is C14H21Cl3N2. The highest BCUT2D eigenvalue weighted by Gasteiger charge is 2.20. The van der Waals surface area contributed by atoms with Crippen LogP contribution in [0, 0.1) is 0 Å². The van der Waals surface area contributed by atoms with Gasteiger partial charge in [0.2, 0.25) is 0 Å². The number of nitrogens with zero attached hydrogens (tertiary/aromatic N) is 1. The summed E-state index contributed by atoms with van der Waals surface area (Å²) in [7, 11) is 0. The SMILES string of the molecule is C=CC[C@@H](c1cccc(Cl)c1)N1CCNCC1.Cl.Cl. The molecule has 1 atom stereocenters. The van der Waals surface area contributed by atoms with E-state index in [0.29, 0.717) is 6.04 Å². The van der Waals surface area contributed by atoms with Gasteiger partial charge < -0.3 is 5.32 Å². The first-order valence-corrected chi connectivity index (χ1v) is 6.50. The molecule has 0 unspecified atom stereocenters. The van der Waals surface area contributed by atoms with E-state index in [2.05, 4.69) is 28.9 Å². The minimum Gasteiger partial charge on any atom is -0.314 e. The van der Waals surface area contributed by atoms with Crippen molar-refractivity contribution < 1.29 is 0 Å². The van der Waals surface area contributed by atoms with Crippen molar-refractivity contribution in [2.45, 2.75) is 12.5 Å². The number of hydrogen-bond acceptors (Lipinski definition) is 2. The van der Waals surface area contributed by atoms with Crippen molar-refractivity contribution in [2.75, 3.05) is 26.2 Å². The predicted molar refractivity (Wildman–Crippen MR) is 87.9 cm³/mol. The fraction of sp³-hybridized carbons (Fsp3) is 0.429. The summed E-state index contributed by atoms with van der Waals surface area (Å²) in [5.74, 6) is 0. The lowest BCUT2D eigenvalue weighted by Crippen LogP contribution is -2.45. The van der Waals surface area contributed by atoms with Crippen molar-refractivity contribution in [3.63, 3.8) is 0 Å². The predicted octanol–water partition coefficient (Wildman–Crippen LogP) is 3.71. The Balaban J connectivity index is 0.00000162. The van der Waals surface area contributed by atoms with Gasteiger partial charge in [0.25, 0.3) is 0 Å². The van der Waals surface area contributed by atoms with Crippen LogP contribution in [-0.4, -0.2) is 31.1 Å². The Labute approximate surface area is 133 Å². The van der Waals surface area contributed by atoms with Crippen molar-refractivity contribution in [1.82, 2.24) is 10.2 Å². The quantitative estimate of drug-likeness (QED) is 0.850. The summed E-state index contributed by atoms with van der Waals surface area (Å²) in [4.78, 5) is 2.50. The molecule has 1 N–H and O–H groups in total. The third-order valence-corrected chi connectivity index (χ3v) is 3.45. The maximum atomic E-state index is 6.07. The fourth-order valence-corrected chi connectivity index (χ4v) is 2.56. The number of nitrogens with one attached hydrogen (secondary N) is 1. The molecule has 1 saturated heterocycles. The Morgan fingerprint density at radius 1 is 1.32 bits per heavy atom. The number of piperazine rings is 1. The fourth-order valence-electron chi connectivity index (χ4n) is 2.36. The number of benzene rings is 1. The van der Waals surface area contributed by atoms with Crippen LogP contribution in [0.3, 0.4) is 0 Å². The standard InChI is InChI=1S/C14H19ClN2.2ClH/c1-2-4-14(17-9-7-16-8-10-17)12-5-3-6-13(15)11-12;;/h2-3,5-6,11,14,16H,1,4,7-10H2;2*1H/t14-;;/m0../s1. The van der Waals surface area contributed by atoms with E-state index in [1.807, 2.05) is 18.2 Å². The molecule has 0 saturated carbocycles. The molecule has 1 aromatic rings. The van der Waals surface area contributed by atoms with Crippen LogP contribution in [0.2, 0.25) is 5.02 Å². The van der Waals surface area contributed by atoms with Gasteiger partial charge in [-0.25, -0.2) is 0 Å². The van der Waals surface area contributed by atoms with Gasteiger partial charge in [0.1, 0.15) is 0 Å². The first-order valence-electron chi connectivity index (χ1n) is 6.12. The molecule has 1 fully saturated rings. The third-order valence-electron chi connectivity index (χ3n) is 3.22. The highest BCUT2D eigenvalue weighted by molar-refractivity contribution is 6.30. The zero-order valence-corrected chi connectivity index (χ0v) is 13.2. The van der Waals surface area contributed by atoms with E-state index >= 15 is 0 Å². The van der Waals surface area contributed by atoms with Crippen molar-refractivity contribution in [1.29, 1.82) is 0 Å². The minimum absolute atomic E-state index is 0. The van der Waals surface area contributed by atoms with E-state index in [0.717, 1.165) is 37.6 Å². The molecule has 1 aromatic carbocycles. The number of halogens is 3. The molecule has 2 rings (SSSR count). The molecule has 0 aliphatic carbocycles. The Bertz CT molecular complexity index is 379. The lowest BCUT2D eigenvalue weighted by Gasteiger charge is -2.34. The maximum Gasteiger partial charge on any atom is 0.0409 e. The van der Waals surface area contributed by atoms with Crippen LogP contribution in [0.1, 0.15) is 18.0 Å². The second-order valence-corrected chi connectivity index (χ2v) is 4.82. The molecule has 0 bridgehead atoms. The molecule has 1 heterocycles. The first-order chi connectivity index (χ1) is 8.31. The van der Waals surface area contributed by atoms with E-state index < -0.39 is 0 Å². The van der Waals surface area contributed by atoms with E-state index in [-0.39, 0.29) is 24.8 Å². The van der Waals surface area contributed by atoms with E-state index in [1.54, 1.807) is 0 Å². The normalized spacial score (nSPS) is 16.9. The average Bonchev–Trinajstić information content (AvgIpc) is 2.37. The lowest BCUT2D eigenvalue weighted by molar-refractivity contribution is 0.174. The molecule has 0 aromatic heterocycles. The van der Waals surface area contributed by atoms with Crippen molar-refractivity contribution in [3.05, 3.63) is 47.5 Å². The van der Waals surface area contributed by atoms with Crippen LogP contribution in [0.4, 0.5) is 0 Å². The van der Waals surface area contributed by atoms with Gasteiger partial charge in [-0.05, 0) is 24.1 Å². The summed E-state index contributed by atoms with van der Waals surface area (Å²) < 4.78 is 0. The van der Waals surface area contributed by atoms with Gasteiger partial charge in [-0.3, -0.25) is 4.90 Å².